The number of likely N-dealkylation sites (tertiary alicyclic amines) is 1. The number of aliphatic hydroxyl groups is 1. The van der Waals surface area contributed by atoms with E-state index in [9.17, 15) is 19.8 Å². The summed E-state index contributed by atoms with van der Waals surface area (Å²) < 4.78 is 0. The molecule has 0 aromatic carbocycles. The second-order valence-electron chi connectivity index (χ2n) is 10.4. The van der Waals surface area contributed by atoms with E-state index in [0.29, 0.717) is 42.1 Å². The van der Waals surface area contributed by atoms with Crippen LogP contribution in [0.15, 0.2) is 18.3 Å². The molecular weight excluding hydrogens is 396 g/mol. The summed E-state index contributed by atoms with van der Waals surface area (Å²) >= 11 is 0. The van der Waals surface area contributed by atoms with Crippen molar-refractivity contribution >= 4 is 17.8 Å². The second kappa shape index (κ2) is 7.36. The predicted octanol–water partition coefficient (Wildman–Crippen LogP) is 2.50. The normalized spacial score (nSPS) is 38.4. The first-order chi connectivity index (χ1) is 14.8. The van der Waals surface area contributed by atoms with Crippen LogP contribution >= 0.6 is 0 Å². The summed E-state index contributed by atoms with van der Waals surface area (Å²) in [5, 5.41) is 24.4. The van der Waals surface area contributed by atoms with E-state index in [1.807, 2.05) is 0 Å². The van der Waals surface area contributed by atoms with Gasteiger partial charge in [-0.05, 0) is 74.3 Å². The van der Waals surface area contributed by atoms with Crippen LogP contribution in [0.2, 0.25) is 0 Å². The number of anilines is 1. The molecule has 168 valence electrons. The van der Waals surface area contributed by atoms with Crippen LogP contribution in [0.1, 0.15) is 48.9 Å². The van der Waals surface area contributed by atoms with E-state index in [0.717, 1.165) is 32.1 Å². The molecule has 4 aliphatic carbocycles. The van der Waals surface area contributed by atoms with Gasteiger partial charge in [0.25, 0.3) is 5.91 Å². The van der Waals surface area contributed by atoms with E-state index in [1.165, 1.54) is 4.90 Å². The Hall–Kier alpha value is -2.35. The van der Waals surface area contributed by atoms with Gasteiger partial charge in [0.1, 0.15) is 5.82 Å². The summed E-state index contributed by atoms with van der Waals surface area (Å²) in [4.78, 5) is 32.3. The molecule has 6 rings (SSSR count). The molecule has 3 N–H and O–H groups in total. The molecule has 0 radical (unpaired) electrons. The summed E-state index contributed by atoms with van der Waals surface area (Å²) in [6.45, 7) is 0.477. The third-order valence-corrected chi connectivity index (χ3v) is 8.17. The highest BCUT2D eigenvalue weighted by Crippen LogP contribution is 2.60. The Labute approximate surface area is 182 Å². The minimum atomic E-state index is -0.882. The molecule has 31 heavy (non-hydrogen) atoms. The third kappa shape index (κ3) is 3.45. The van der Waals surface area contributed by atoms with Crippen molar-refractivity contribution in [1.29, 1.82) is 0 Å². The van der Waals surface area contributed by atoms with Gasteiger partial charge in [-0.25, -0.2) is 9.78 Å². The molecule has 5 unspecified atom stereocenters. The van der Waals surface area contributed by atoms with Crippen molar-refractivity contribution in [2.24, 2.45) is 23.7 Å². The van der Waals surface area contributed by atoms with E-state index in [1.54, 1.807) is 37.3 Å². The van der Waals surface area contributed by atoms with Crippen LogP contribution in [0, 0.1) is 23.7 Å². The molecule has 1 saturated heterocycles. The van der Waals surface area contributed by atoms with E-state index in [-0.39, 0.29) is 23.9 Å². The largest absolute Gasteiger partial charge is 0.465 e. The molecule has 0 spiro atoms. The summed E-state index contributed by atoms with van der Waals surface area (Å²) in [5.74, 6) is 1.92. The minimum absolute atomic E-state index is 0.100. The molecular formula is C23H32N4O4. The Morgan fingerprint density at radius 3 is 2.55 bits per heavy atom. The van der Waals surface area contributed by atoms with Crippen molar-refractivity contribution in [2.45, 2.75) is 56.2 Å². The van der Waals surface area contributed by atoms with Gasteiger partial charge in [-0.2, -0.15) is 0 Å². The maximum atomic E-state index is 12.6. The van der Waals surface area contributed by atoms with Gasteiger partial charge in [0.05, 0.1) is 23.2 Å². The lowest BCUT2D eigenvalue weighted by Gasteiger charge is -2.60. The van der Waals surface area contributed by atoms with Crippen LogP contribution in [0.5, 0.6) is 0 Å². The van der Waals surface area contributed by atoms with Crippen LogP contribution in [0.3, 0.4) is 0 Å². The number of hydrogen-bond donors (Lipinski definition) is 3. The minimum Gasteiger partial charge on any atom is -0.465 e. The number of carbonyl (C=O) groups is 2. The van der Waals surface area contributed by atoms with Gasteiger partial charge in [-0.3, -0.25) is 4.79 Å². The summed E-state index contributed by atoms with van der Waals surface area (Å²) in [6.07, 6.45) is 6.13. The number of amides is 2. The standard InChI is InChI=1S/C23H32N4O4/c1-26(2)21(28)16-4-3-6-24-20(16)25-17-5-7-27(22(29)30)19(17)18-14-8-13-9-15(18)12-23(31,10-13)11-14/h3-4,6,13-15,17-19,31H,5,7-12H2,1-2H3,(H,24,25)(H,29,30)/t13?,14-,15?,17?,18?,19-,23?/m0/s1. The second-order valence-corrected chi connectivity index (χ2v) is 10.4. The van der Waals surface area contributed by atoms with Crippen LogP contribution in [0.4, 0.5) is 10.6 Å². The molecule has 2 heterocycles. The molecule has 4 saturated carbocycles. The Morgan fingerprint density at radius 2 is 1.94 bits per heavy atom. The first-order valence-electron chi connectivity index (χ1n) is 11.4. The first-order valence-corrected chi connectivity index (χ1v) is 11.4. The summed E-state index contributed by atoms with van der Waals surface area (Å²) in [5.41, 5.74) is -0.0473. The molecule has 1 aliphatic heterocycles. The molecule has 5 fully saturated rings. The number of pyridine rings is 1. The van der Waals surface area contributed by atoms with Gasteiger partial charge in [0.2, 0.25) is 0 Å². The molecule has 4 bridgehead atoms. The maximum absolute atomic E-state index is 12.6. The Bertz CT molecular complexity index is 874. The van der Waals surface area contributed by atoms with Crippen molar-refractivity contribution in [2.75, 3.05) is 26.0 Å². The van der Waals surface area contributed by atoms with Crippen molar-refractivity contribution < 1.29 is 19.8 Å². The van der Waals surface area contributed by atoms with Gasteiger partial charge in [0, 0.05) is 26.8 Å². The first kappa shape index (κ1) is 20.5. The Balaban J connectivity index is 1.45. The fourth-order valence-electron chi connectivity index (χ4n) is 7.36. The number of carbonyl (C=O) groups excluding carboxylic acids is 1. The van der Waals surface area contributed by atoms with Gasteiger partial charge >= 0.3 is 6.09 Å². The van der Waals surface area contributed by atoms with Gasteiger partial charge < -0.3 is 25.3 Å². The quantitative estimate of drug-likeness (QED) is 0.680. The number of nitrogens with zero attached hydrogens (tertiary/aromatic N) is 3. The lowest BCUT2D eigenvalue weighted by atomic mass is 9.48. The monoisotopic (exact) mass is 428 g/mol. The smallest absolute Gasteiger partial charge is 0.407 e. The summed E-state index contributed by atoms with van der Waals surface area (Å²) in [6, 6.07) is 3.24. The zero-order valence-electron chi connectivity index (χ0n) is 18.2. The highest BCUT2D eigenvalue weighted by Gasteiger charge is 2.59. The number of carboxylic acid groups (broad SMARTS) is 1. The fraction of sp³-hybridized carbons (Fsp3) is 0.696. The van der Waals surface area contributed by atoms with Crippen molar-refractivity contribution in [3.05, 3.63) is 23.9 Å². The highest BCUT2D eigenvalue weighted by atomic mass is 16.4. The van der Waals surface area contributed by atoms with Crippen molar-refractivity contribution in [3.8, 4) is 0 Å². The van der Waals surface area contributed by atoms with Crippen molar-refractivity contribution in [1.82, 2.24) is 14.8 Å². The van der Waals surface area contributed by atoms with Crippen molar-refractivity contribution in [3.63, 3.8) is 0 Å². The van der Waals surface area contributed by atoms with E-state index in [2.05, 4.69) is 10.3 Å². The van der Waals surface area contributed by atoms with E-state index in [4.69, 9.17) is 0 Å². The van der Waals surface area contributed by atoms with E-state index >= 15 is 0 Å². The van der Waals surface area contributed by atoms with Crippen LogP contribution in [-0.4, -0.2) is 75.3 Å². The fourth-order valence-corrected chi connectivity index (χ4v) is 7.36. The SMILES string of the molecule is CN(C)C(=O)c1cccnc1NC1CCN(C(=O)O)[C@@H]1C1C2CC3C[C@H]1CC(O)(C3)C2. The number of nitrogens with one attached hydrogen (secondary N) is 1. The van der Waals surface area contributed by atoms with Crippen LogP contribution < -0.4 is 5.32 Å². The van der Waals surface area contributed by atoms with Gasteiger partial charge in [-0.1, -0.05) is 0 Å². The number of hydrogen-bond acceptors (Lipinski definition) is 5. The molecule has 8 heteroatoms. The molecule has 1 aromatic rings. The van der Waals surface area contributed by atoms with Crippen LogP contribution in [0.25, 0.3) is 0 Å². The topological polar surface area (TPSA) is 106 Å². The highest BCUT2D eigenvalue weighted by molar-refractivity contribution is 5.98. The van der Waals surface area contributed by atoms with Crippen LogP contribution in [-0.2, 0) is 0 Å². The maximum Gasteiger partial charge on any atom is 0.407 e. The Kier molecular flexibility index (Phi) is 4.88. The summed E-state index contributed by atoms with van der Waals surface area (Å²) in [7, 11) is 3.42. The average Bonchev–Trinajstić information content (AvgIpc) is 3.10. The zero-order chi connectivity index (χ0) is 21.9. The lowest BCUT2D eigenvalue weighted by Crippen LogP contribution is -2.61. The van der Waals surface area contributed by atoms with Gasteiger partial charge in [0.15, 0.2) is 0 Å². The molecule has 7 atom stereocenters. The average molecular weight is 429 g/mol. The lowest BCUT2D eigenvalue weighted by molar-refractivity contribution is -0.162. The number of rotatable bonds is 4. The van der Waals surface area contributed by atoms with Gasteiger partial charge in [-0.15, -0.1) is 0 Å². The molecule has 2 amide bonds. The Morgan fingerprint density at radius 1 is 1.23 bits per heavy atom. The third-order valence-electron chi connectivity index (χ3n) is 8.17. The molecule has 8 nitrogen and oxygen atoms in total. The molecule has 5 aliphatic rings. The predicted molar refractivity (Wildman–Crippen MR) is 115 cm³/mol. The number of aromatic nitrogens is 1. The molecule has 1 aromatic heterocycles. The zero-order valence-corrected chi connectivity index (χ0v) is 18.2. The van der Waals surface area contributed by atoms with E-state index < -0.39 is 11.7 Å².